The van der Waals surface area contributed by atoms with Gasteiger partial charge >= 0.3 is 0 Å². The van der Waals surface area contributed by atoms with Crippen molar-refractivity contribution in [2.24, 2.45) is 0 Å². The number of carbonyl (C=O) groups excluding carboxylic acids is 1. The molecular weight excluding hydrogens is 394 g/mol. The first-order valence-corrected chi connectivity index (χ1v) is 11.5. The van der Waals surface area contributed by atoms with E-state index in [0.717, 1.165) is 24.1 Å². The molecule has 1 aliphatic carbocycles. The van der Waals surface area contributed by atoms with E-state index in [4.69, 9.17) is 4.98 Å². The number of benzene rings is 2. The van der Waals surface area contributed by atoms with Crippen LogP contribution in [0.1, 0.15) is 44.6 Å². The molecule has 1 saturated carbocycles. The van der Waals surface area contributed by atoms with Crippen LogP contribution >= 0.6 is 11.8 Å². The van der Waals surface area contributed by atoms with Crippen molar-refractivity contribution in [3.8, 4) is 5.69 Å². The van der Waals surface area contributed by atoms with Crippen molar-refractivity contribution in [1.29, 1.82) is 0 Å². The van der Waals surface area contributed by atoms with Gasteiger partial charge in [-0.15, -0.1) is 0 Å². The summed E-state index contributed by atoms with van der Waals surface area (Å²) in [6.45, 7) is 3.86. The van der Waals surface area contributed by atoms with E-state index in [1.54, 1.807) is 10.6 Å². The molecule has 0 spiro atoms. The third-order valence-electron chi connectivity index (χ3n) is 5.70. The Balaban J connectivity index is 1.70. The first kappa shape index (κ1) is 20.7. The van der Waals surface area contributed by atoms with Gasteiger partial charge in [0.2, 0.25) is 5.91 Å². The molecular formula is C24H27N3O2S. The Morgan fingerprint density at radius 3 is 2.57 bits per heavy atom. The molecule has 0 bridgehead atoms. The van der Waals surface area contributed by atoms with E-state index in [0.29, 0.717) is 16.1 Å². The van der Waals surface area contributed by atoms with E-state index in [1.807, 2.05) is 56.3 Å². The highest BCUT2D eigenvalue weighted by Gasteiger charge is 2.23. The number of nitrogens with one attached hydrogen (secondary N) is 1. The van der Waals surface area contributed by atoms with E-state index >= 15 is 0 Å². The van der Waals surface area contributed by atoms with Gasteiger partial charge in [0.05, 0.1) is 21.8 Å². The van der Waals surface area contributed by atoms with Gasteiger partial charge < -0.3 is 5.32 Å². The summed E-state index contributed by atoms with van der Waals surface area (Å²) < 4.78 is 1.65. The Morgan fingerprint density at radius 1 is 1.10 bits per heavy atom. The smallest absolute Gasteiger partial charge is 0.266 e. The summed E-state index contributed by atoms with van der Waals surface area (Å²) in [5, 5.41) is 3.95. The molecule has 1 fully saturated rings. The van der Waals surface area contributed by atoms with Gasteiger partial charge in [-0.25, -0.2) is 4.98 Å². The lowest BCUT2D eigenvalue weighted by molar-refractivity contribution is -0.121. The molecule has 5 nitrogen and oxygen atoms in total. The molecule has 4 rings (SSSR count). The van der Waals surface area contributed by atoms with E-state index < -0.39 is 0 Å². The Morgan fingerprint density at radius 2 is 1.80 bits per heavy atom. The van der Waals surface area contributed by atoms with Crippen molar-refractivity contribution in [3.63, 3.8) is 0 Å². The minimum atomic E-state index is -0.352. The Bertz CT molecular complexity index is 1120. The molecule has 30 heavy (non-hydrogen) atoms. The van der Waals surface area contributed by atoms with Crippen molar-refractivity contribution in [3.05, 3.63) is 64.4 Å². The lowest BCUT2D eigenvalue weighted by Crippen LogP contribution is -2.40. The van der Waals surface area contributed by atoms with Crippen LogP contribution in [0.2, 0.25) is 0 Å². The third kappa shape index (κ3) is 4.29. The van der Waals surface area contributed by atoms with Crippen LogP contribution in [0.25, 0.3) is 16.6 Å². The number of rotatable bonds is 5. The van der Waals surface area contributed by atoms with Gasteiger partial charge in [-0.2, -0.15) is 0 Å². The number of nitrogens with zero attached hydrogens (tertiary/aromatic N) is 2. The molecule has 1 aliphatic rings. The zero-order valence-electron chi connectivity index (χ0n) is 17.4. The summed E-state index contributed by atoms with van der Waals surface area (Å²) in [6, 6.07) is 15.4. The fourth-order valence-electron chi connectivity index (χ4n) is 4.00. The molecule has 1 aromatic heterocycles. The molecule has 3 aromatic rings. The topological polar surface area (TPSA) is 64.0 Å². The molecule has 1 unspecified atom stereocenters. The van der Waals surface area contributed by atoms with Crippen LogP contribution in [0.4, 0.5) is 0 Å². The van der Waals surface area contributed by atoms with Crippen molar-refractivity contribution in [1.82, 2.24) is 14.9 Å². The maximum absolute atomic E-state index is 13.4. The largest absolute Gasteiger partial charge is 0.352 e. The van der Waals surface area contributed by atoms with E-state index in [2.05, 4.69) is 5.32 Å². The highest BCUT2D eigenvalue weighted by Crippen LogP contribution is 2.27. The molecule has 2 aromatic carbocycles. The van der Waals surface area contributed by atoms with E-state index in [9.17, 15) is 9.59 Å². The first-order chi connectivity index (χ1) is 14.5. The lowest BCUT2D eigenvalue weighted by atomic mass is 9.95. The third-order valence-corrected chi connectivity index (χ3v) is 6.76. The number of hydrogen-bond acceptors (Lipinski definition) is 4. The maximum Gasteiger partial charge on any atom is 0.266 e. The average molecular weight is 422 g/mol. The molecule has 0 saturated heterocycles. The predicted molar refractivity (Wildman–Crippen MR) is 122 cm³/mol. The van der Waals surface area contributed by atoms with E-state index in [1.165, 1.54) is 31.0 Å². The van der Waals surface area contributed by atoms with Crippen LogP contribution in [0, 0.1) is 6.92 Å². The van der Waals surface area contributed by atoms with Crippen molar-refractivity contribution in [2.45, 2.75) is 62.4 Å². The fraction of sp³-hybridized carbons (Fsp3) is 0.375. The summed E-state index contributed by atoms with van der Waals surface area (Å²) in [5.41, 5.74) is 2.31. The Labute approximate surface area is 180 Å². The predicted octanol–water partition coefficient (Wildman–Crippen LogP) is 4.62. The van der Waals surface area contributed by atoms with Crippen LogP contribution in [0.3, 0.4) is 0 Å². The van der Waals surface area contributed by atoms with Crippen LogP contribution in [0.5, 0.6) is 0 Å². The monoisotopic (exact) mass is 421 g/mol. The zero-order chi connectivity index (χ0) is 21.1. The van der Waals surface area contributed by atoms with Crippen molar-refractivity contribution in [2.75, 3.05) is 0 Å². The number of aryl methyl sites for hydroxylation is 1. The number of hydrogen-bond donors (Lipinski definition) is 1. The van der Waals surface area contributed by atoms with Crippen molar-refractivity contribution >= 4 is 28.6 Å². The number of para-hydroxylation sites is 2. The molecule has 0 radical (unpaired) electrons. The first-order valence-electron chi connectivity index (χ1n) is 10.6. The molecule has 0 aliphatic heterocycles. The van der Waals surface area contributed by atoms with Gasteiger partial charge in [0.25, 0.3) is 5.56 Å². The summed E-state index contributed by atoms with van der Waals surface area (Å²) in [6.07, 6.45) is 5.69. The normalized spacial score (nSPS) is 15.8. The summed E-state index contributed by atoms with van der Waals surface area (Å²) in [4.78, 5) is 31.0. The standard InChI is InChI=1S/C24H27N3O2S/c1-16-10-6-9-15-21(16)27-23(29)19-13-7-8-14-20(19)26-24(27)30-17(2)22(28)25-18-11-4-3-5-12-18/h6-10,13-15,17-18H,3-5,11-12H2,1-2H3,(H,25,28). The number of fused-ring (bicyclic) bond motifs is 1. The summed E-state index contributed by atoms with van der Waals surface area (Å²) >= 11 is 1.34. The van der Waals surface area contributed by atoms with Gasteiger partial charge in [0.15, 0.2) is 5.16 Å². The second-order valence-electron chi connectivity index (χ2n) is 7.94. The average Bonchev–Trinajstić information content (AvgIpc) is 2.75. The molecule has 1 amide bonds. The van der Waals surface area contributed by atoms with Gasteiger partial charge in [0.1, 0.15) is 0 Å². The Kier molecular flexibility index (Phi) is 6.23. The molecule has 1 N–H and O–H groups in total. The molecule has 6 heteroatoms. The minimum absolute atomic E-state index is 0.00522. The van der Waals surface area contributed by atoms with E-state index in [-0.39, 0.29) is 22.8 Å². The van der Waals surface area contributed by atoms with Gasteiger partial charge in [-0.05, 0) is 50.5 Å². The Hall–Kier alpha value is -2.60. The van der Waals surface area contributed by atoms with Crippen LogP contribution in [-0.4, -0.2) is 26.8 Å². The highest BCUT2D eigenvalue weighted by molar-refractivity contribution is 8.00. The second-order valence-corrected chi connectivity index (χ2v) is 9.25. The number of carbonyl (C=O) groups is 1. The SMILES string of the molecule is Cc1ccccc1-n1c(SC(C)C(=O)NC2CCCCC2)nc2ccccc2c1=O. The van der Waals surface area contributed by atoms with Gasteiger partial charge in [-0.1, -0.05) is 61.4 Å². The van der Waals surface area contributed by atoms with Gasteiger partial charge in [0, 0.05) is 6.04 Å². The molecule has 156 valence electrons. The highest BCUT2D eigenvalue weighted by atomic mass is 32.2. The van der Waals surface area contributed by atoms with Crippen LogP contribution in [0.15, 0.2) is 58.5 Å². The minimum Gasteiger partial charge on any atom is -0.352 e. The molecule has 1 atom stereocenters. The summed E-state index contributed by atoms with van der Waals surface area (Å²) in [5.74, 6) is 0.00522. The van der Waals surface area contributed by atoms with Crippen LogP contribution < -0.4 is 10.9 Å². The summed E-state index contributed by atoms with van der Waals surface area (Å²) in [7, 11) is 0. The fourth-order valence-corrected chi connectivity index (χ4v) is 4.92. The maximum atomic E-state index is 13.4. The van der Waals surface area contributed by atoms with Crippen LogP contribution in [-0.2, 0) is 4.79 Å². The quantitative estimate of drug-likeness (QED) is 0.482. The second kappa shape index (κ2) is 9.04. The number of amides is 1. The number of aromatic nitrogens is 2. The zero-order valence-corrected chi connectivity index (χ0v) is 18.2. The van der Waals surface area contributed by atoms with Gasteiger partial charge in [-0.3, -0.25) is 14.2 Å². The molecule has 1 heterocycles. The lowest BCUT2D eigenvalue weighted by Gasteiger charge is -2.24. The number of thioether (sulfide) groups is 1. The van der Waals surface area contributed by atoms with Crippen molar-refractivity contribution < 1.29 is 4.79 Å².